The molecule has 3 nitrogen and oxygen atoms in total. The molecule has 0 unspecified atom stereocenters. The summed E-state index contributed by atoms with van der Waals surface area (Å²) in [7, 11) is 1.40. The number of nitrogens with zero attached hydrogens (tertiary/aromatic N) is 1. The Morgan fingerprint density at radius 3 is 2.33 bits per heavy atom. The van der Waals surface area contributed by atoms with Gasteiger partial charge in [0.25, 0.3) is 0 Å². The third-order valence-electron chi connectivity index (χ3n) is 2.87. The Morgan fingerprint density at radius 2 is 1.93 bits per heavy atom. The Kier molecular flexibility index (Phi) is 6.77. The van der Waals surface area contributed by atoms with E-state index in [0.29, 0.717) is 12.8 Å². The summed E-state index contributed by atoms with van der Waals surface area (Å²) in [5.41, 5.74) is -0.0676. The van der Waals surface area contributed by atoms with Crippen LogP contribution >= 0.6 is 0 Å². The van der Waals surface area contributed by atoms with E-state index in [1.165, 1.54) is 7.11 Å². The van der Waals surface area contributed by atoms with Crippen LogP contribution in [0.1, 0.15) is 52.4 Å². The molecule has 0 bridgehead atoms. The molecule has 1 aliphatic rings. The smallest absolute Gasteiger partial charge is 0.306 e. The van der Waals surface area contributed by atoms with Gasteiger partial charge in [-0.05, 0) is 18.3 Å². The van der Waals surface area contributed by atoms with Gasteiger partial charge in [0, 0.05) is 6.42 Å². The van der Waals surface area contributed by atoms with Gasteiger partial charge in [0.05, 0.1) is 19.6 Å². The van der Waals surface area contributed by atoms with Crippen molar-refractivity contribution in [3.05, 3.63) is 0 Å². The number of ether oxygens (including phenoxy) is 1. The highest BCUT2D eigenvalue weighted by atomic mass is 16.5. The molecule has 1 rings (SSSR count). The lowest BCUT2D eigenvalue weighted by molar-refractivity contribution is -0.143. The number of methoxy groups -OCH3 is 1. The van der Waals surface area contributed by atoms with E-state index in [4.69, 9.17) is 5.26 Å². The van der Waals surface area contributed by atoms with Gasteiger partial charge in [-0.25, -0.2) is 0 Å². The number of hydrogen-bond donors (Lipinski definition) is 0. The zero-order valence-corrected chi connectivity index (χ0v) is 10.0. The van der Waals surface area contributed by atoms with E-state index >= 15 is 0 Å². The zero-order valence-electron chi connectivity index (χ0n) is 10.0. The summed E-state index contributed by atoms with van der Waals surface area (Å²) in [5, 5.41) is 8.68. The summed E-state index contributed by atoms with van der Waals surface area (Å²) in [6.07, 6.45) is 5.17. The molecule has 15 heavy (non-hydrogen) atoms. The molecule has 0 atom stereocenters. The first-order chi connectivity index (χ1) is 7.22. The minimum absolute atomic E-state index is 0.0676. The van der Waals surface area contributed by atoms with E-state index in [-0.39, 0.29) is 11.4 Å². The molecule has 0 saturated heterocycles. The molecule has 86 valence electrons. The lowest BCUT2D eigenvalue weighted by atomic mass is 9.80. The monoisotopic (exact) mass is 211 g/mol. The standard InChI is InChI=1S/C10H15NO2.C2H6/c1-13-9(12)8-10(6-7-11)4-2-3-5-10;1-2/h2-6,8H2,1H3;1-2H3. The molecule has 0 aromatic carbocycles. The topological polar surface area (TPSA) is 50.1 Å². The van der Waals surface area contributed by atoms with Crippen molar-refractivity contribution in [3.63, 3.8) is 0 Å². The van der Waals surface area contributed by atoms with Crippen molar-refractivity contribution in [2.24, 2.45) is 5.41 Å². The summed E-state index contributed by atoms with van der Waals surface area (Å²) in [6.45, 7) is 4.00. The molecule has 0 spiro atoms. The highest BCUT2D eigenvalue weighted by molar-refractivity contribution is 5.70. The Balaban J connectivity index is 0.000000921. The Labute approximate surface area is 92.4 Å². The van der Waals surface area contributed by atoms with Gasteiger partial charge in [0.15, 0.2) is 0 Å². The molecule has 3 heteroatoms. The van der Waals surface area contributed by atoms with Crippen molar-refractivity contribution in [1.29, 1.82) is 5.26 Å². The van der Waals surface area contributed by atoms with Gasteiger partial charge in [-0.15, -0.1) is 0 Å². The summed E-state index contributed by atoms with van der Waals surface area (Å²) in [6, 6.07) is 2.17. The van der Waals surface area contributed by atoms with E-state index in [1.807, 2.05) is 13.8 Å². The fourth-order valence-corrected chi connectivity index (χ4v) is 2.09. The van der Waals surface area contributed by atoms with Gasteiger partial charge in [0.1, 0.15) is 0 Å². The van der Waals surface area contributed by atoms with Gasteiger partial charge in [-0.2, -0.15) is 5.26 Å². The van der Waals surface area contributed by atoms with Gasteiger partial charge in [0.2, 0.25) is 0 Å². The van der Waals surface area contributed by atoms with Crippen LogP contribution in [-0.2, 0) is 9.53 Å². The van der Waals surface area contributed by atoms with Crippen molar-refractivity contribution >= 4 is 5.97 Å². The first kappa shape index (κ1) is 14.0. The van der Waals surface area contributed by atoms with Gasteiger partial charge in [-0.3, -0.25) is 4.79 Å². The fourth-order valence-electron chi connectivity index (χ4n) is 2.09. The number of hydrogen-bond acceptors (Lipinski definition) is 3. The molecule has 1 saturated carbocycles. The molecule has 0 heterocycles. The SMILES string of the molecule is CC.COC(=O)CC1(CC#N)CCCC1. The maximum atomic E-state index is 11.1. The minimum atomic E-state index is -0.183. The molecular weight excluding hydrogens is 190 g/mol. The van der Waals surface area contributed by atoms with E-state index in [0.717, 1.165) is 25.7 Å². The first-order valence-electron chi connectivity index (χ1n) is 5.66. The Morgan fingerprint density at radius 1 is 1.40 bits per heavy atom. The van der Waals surface area contributed by atoms with Crippen LogP contribution in [-0.4, -0.2) is 13.1 Å². The third kappa shape index (κ3) is 4.33. The minimum Gasteiger partial charge on any atom is -0.469 e. The summed E-state index contributed by atoms with van der Waals surface area (Å²) >= 11 is 0. The predicted molar refractivity (Wildman–Crippen MR) is 59.1 cm³/mol. The lowest BCUT2D eigenvalue weighted by Crippen LogP contribution is -2.21. The molecule has 0 amide bonds. The quantitative estimate of drug-likeness (QED) is 0.674. The molecule has 0 N–H and O–H groups in total. The van der Waals surface area contributed by atoms with E-state index < -0.39 is 0 Å². The van der Waals surface area contributed by atoms with Crippen molar-refractivity contribution in [1.82, 2.24) is 0 Å². The second kappa shape index (κ2) is 7.28. The normalized spacial score (nSPS) is 17.2. The van der Waals surface area contributed by atoms with Crippen LogP contribution in [0.5, 0.6) is 0 Å². The predicted octanol–water partition coefficient (Wildman–Crippen LogP) is 3.05. The second-order valence-corrected chi connectivity index (χ2v) is 3.79. The van der Waals surface area contributed by atoms with Crippen molar-refractivity contribution < 1.29 is 9.53 Å². The van der Waals surface area contributed by atoms with Crippen LogP contribution < -0.4 is 0 Å². The maximum absolute atomic E-state index is 11.1. The maximum Gasteiger partial charge on any atom is 0.306 e. The van der Waals surface area contributed by atoms with Crippen LogP contribution in [0.2, 0.25) is 0 Å². The molecule has 1 aliphatic carbocycles. The number of nitriles is 1. The zero-order chi connectivity index (χ0) is 11.7. The molecular formula is C12H21NO2. The van der Waals surface area contributed by atoms with Crippen LogP contribution in [0.15, 0.2) is 0 Å². The third-order valence-corrected chi connectivity index (χ3v) is 2.87. The molecule has 0 radical (unpaired) electrons. The van der Waals surface area contributed by atoms with E-state index in [9.17, 15) is 4.79 Å². The second-order valence-electron chi connectivity index (χ2n) is 3.79. The van der Waals surface area contributed by atoms with Crippen LogP contribution in [0.4, 0.5) is 0 Å². The molecule has 1 fully saturated rings. The van der Waals surface area contributed by atoms with Crippen LogP contribution in [0, 0.1) is 16.7 Å². The highest BCUT2D eigenvalue weighted by Gasteiger charge is 2.36. The Hall–Kier alpha value is -1.04. The largest absolute Gasteiger partial charge is 0.469 e. The lowest BCUT2D eigenvalue weighted by Gasteiger charge is -2.23. The summed E-state index contributed by atoms with van der Waals surface area (Å²) < 4.78 is 4.64. The Bertz CT molecular complexity index is 224. The van der Waals surface area contributed by atoms with Crippen LogP contribution in [0.3, 0.4) is 0 Å². The van der Waals surface area contributed by atoms with E-state index in [2.05, 4.69) is 10.8 Å². The van der Waals surface area contributed by atoms with Crippen molar-refractivity contribution in [3.8, 4) is 6.07 Å². The molecule has 0 aliphatic heterocycles. The fraction of sp³-hybridized carbons (Fsp3) is 0.833. The van der Waals surface area contributed by atoms with Gasteiger partial charge in [-0.1, -0.05) is 26.7 Å². The van der Waals surface area contributed by atoms with Crippen LogP contribution in [0.25, 0.3) is 0 Å². The first-order valence-corrected chi connectivity index (χ1v) is 5.66. The number of esters is 1. The highest BCUT2D eigenvalue weighted by Crippen LogP contribution is 2.43. The van der Waals surface area contributed by atoms with Gasteiger partial charge >= 0.3 is 5.97 Å². The average Bonchev–Trinajstić information content (AvgIpc) is 2.70. The molecule has 0 aromatic rings. The summed E-state index contributed by atoms with van der Waals surface area (Å²) in [4.78, 5) is 11.1. The van der Waals surface area contributed by atoms with Crippen molar-refractivity contribution in [2.75, 3.05) is 7.11 Å². The average molecular weight is 211 g/mol. The van der Waals surface area contributed by atoms with Gasteiger partial charge < -0.3 is 4.74 Å². The number of carbonyl (C=O) groups excluding carboxylic acids is 1. The summed E-state index contributed by atoms with van der Waals surface area (Å²) in [5.74, 6) is -0.183. The van der Waals surface area contributed by atoms with Crippen molar-refractivity contribution in [2.45, 2.75) is 52.4 Å². The van der Waals surface area contributed by atoms with E-state index in [1.54, 1.807) is 0 Å². The number of carbonyl (C=O) groups is 1. The molecule has 0 aromatic heterocycles. The number of rotatable bonds is 3.